The molecule has 18 heavy (non-hydrogen) atoms. The van der Waals surface area contributed by atoms with Crippen LogP contribution in [-0.2, 0) is 4.74 Å². The monoisotopic (exact) mass is 256 g/mol. The molecule has 0 radical (unpaired) electrons. The van der Waals surface area contributed by atoms with E-state index in [9.17, 15) is 0 Å². The summed E-state index contributed by atoms with van der Waals surface area (Å²) in [6.07, 6.45) is 9.21. The molecule has 3 nitrogen and oxygen atoms in total. The molecular formula is C15H32N2O. The van der Waals surface area contributed by atoms with E-state index in [1.54, 1.807) is 0 Å². The summed E-state index contributed by atoms with van der Waals surface area (Å²) < 4.78 is 5.70. The SMILES string of the molecule is CCCNCCCCCOCCN1CCCCC1. The van der Waals surface area contributed by atoms with Crippen LogP contribution in [0.1, 0.15) is 51.9 Å². The Balaban J connectivity index is 1.73. The summed E-state index contributed by atoms with van der Waals surface area (Å²) in [5, 5.41) is 3.43. The minimum atomic E-state index is 0.925. The van der Waals surface area contributed by atoms with Gasteiger partial charge in [0.1, 0.15) is 0 Å². The van der Waals surface area contributed by atoms with Gasteiger partial charge in [0, 0.05) is 13.2 Å². The lowest BCUT2D eigenvalue weighted by Crippen LogP contribution is -2.32. The van der Waals surface area contributed by atoms with E-state index in [1.165, 1.54) is 64.6 Å². The molecule has 1 N–H and O–H groups in total. The Hall–Kier alpha value is -0.120. The second-order valence-electron chi connectivity index (χ2n) is 5.33. The predicted molar refractivity (Wildman–Crippen MR) is 78.1 cm³/mol. The van der Waals surface area contributed by atoms with Crippen molar-refractivity contribution in [2.24, 2.45) is 0 Å². The molecule has 0 aromatic carbocycles. The zero-order valence-electron chi connectivity index (χ0n) is 12.3. The van der Waals surface area contributed by atoms with Crippen LogP contribution in [0.5, 0.6) is 0 Å². The van der Waals surface area contributed by atoms with Crippen molar-refractivity contribution in [1.82, 2.24) is 10.2 Å². The smallest absolute Gasteiger partial charge is 0.0593 e. The Morgan fingerprint density at radius 3 is 2.56 bits per heavy atom. The van der Waals surface area contributed by atoms with Crippen LogP contribution in [0.15, 0.2) is 0 Å². The third-order valence-corrected chi connectivity index (χ3v) is 3.57. The first kappa shape index (κ1) is 15.9. The van der Waals surface area contributed by atoms with E-state index in [4.69, 9.17) is 4.74 Å². The molecule has 1 aliphatic rings. The van der Waals surface area contributed by atoms with Crippen LogP contribution in [-0.4, -0.2) is 50.8 Å². The van der Waals surface area contributed by atoms with Crippen molar-refractivity contribution in [3.05, 3.63) is 0 Å². The van der Waals surface area contributed by atoms with E-state index < -0.39 is 0 Å². The molecule has 0 bridgehead atoms. The number of rotatable bonds is 11. The van der Waals surface area contributed by atoms with Crippen molar-refractivity contribution in [3.8, 4) is 0 Å². The van der Waals surface area contributed by atoms with Gasteiger partial charge in [-0.1, -0.05) is 13.3 Å². The van der Waals surface area contributed by atoms with Crippen LogP contribution in [0.3, 0.4) is 0 Å². The molecule has 0 amide bonds. The van der Waals surface area contributed by atoms with Gasteiger partial charge in [-0.25, -0.2) is 0 Å². The standard InChI is InChI=1S/C15H32N2O/c1-2-9-16-10-5-3-8-14-18-15-13-17-11-6-4-7-12-17/h16H,2-15H2,1H3. The van der Waals surface area contributed by atoms with E-state index in [-0.39, 0.29) is 0 Å². The van der Waals surface area contributed by atoms with Crippen LogP contribution in [0.2, 0.25) is 0 Å². The van der Waals surface area contributed by atoms with Crippen molar-refractivity contribution < 1.29 is 4.74 Å². The number of nitrogens with zero attached hydrogens (tertiary/aromatic N) is 1. The first-order valence-corrected chi connectivity index (χ1v) is 7.94. The van der Waals surface area contributed by atoms with Crippen molar-refractivity contribution in [2.45, 2.75) is 51.9 Å². The maximum Gasteiger partial charge on any atom is 0.0593 e. The number of unbranched alkanes of at least 4 members (excludes halogenated alkanes) is 2. The van der Waals surface area contributed by atoms with Gasteiger partial charge in [0.2, 0.25) is 0 Å². The Labute approximate surface area is 113 Å². The van der Waals surface area contributed by atoms with Crippen molar-refractivity contribution in [2.75, 3.05) is 45.9 Å². The number of likely N-dealkylation sites (tertiary alicyclic amines) is 1. The zero-order valence-corrected chi connectivity index (χ0v) is 12.3. The summed E-state index contributed by atoms with van der Waals surface area (Å²) in [7, 11) is 0. The fraction of sp³-hybridized carbons (Fsp3) is 1.00. The van der Waals surface area contributed by atoms with E-state index in [2.05, 4.69) is 17.1 Å². The molecule has 1 saturated heterocycles. The van der Waals surface area contributed by atoms with Gasteiger partial charge in [-0.05, 0) is 64.7 Å². The molecule has 0 spiro atoms. The summed E-state index contributed by atoms with van der Waals surface area (Å²) in [5.74, 6) is 0. The highest BCUT2D eigenvalue weighted by Crippen LogP contribution is 2.07. The lowest BCUT2D eigenvalue weighted by Gasteiger charge is -2.26. The molecular weight excluding hydrogens is 224 g/mol. The van der Waals surface area contributed by atoms with Gasteiger partial charge in [0.15, 0.2) is 0 Å². The third kappa shape index (κ3) is 8.90. The van der Waals surface area contributed by atoms with Gasteiger partial charge in [-0.2, -0.15) is 0 Å². The van der Waals surface area contributed by atoms with Gasteiger partial charge in [-0.3, -0.25) is 0 Å². The lowest BCUT2D eigenvalue weighted by atomic mass is 10.1. The quantitative estimate of drug-likeness (QED) is 0.575. The van der Waals surface area contributed by atoms with Gasteiger partial charge in [-0.15, -0.1) is 0 Å². The highest BCUT2D eigenvalue weighted by atomic mass is 16.5. The average molecular weight is 256 g/mol. The number of hydrogen-bond donors (Lipinski definition) is 1. The van der Waals surface area contributed by atoms with Crippen LogP contribution < -0.4 is 5.32 Å². The first-order valence-electron chi connectivity index (χ1n) is 7.94. The van der Waals surface area contributed by atoms with Crippen LogP contribution in [0.4, 0.5) is 0 Å². The summed E-state index contributed by atoms with van der Waals surface area (Å²) in [6, 6.07) is 0. The lowest BCUT2D eigenvalue weighted by molar-refractivity contribution is 0.0939. The average Bonchev–Trinajstić information content (AvgIpc) is 2.42. The summed E-state index contributed by atoms with van der Waals surface area (Å²) in [4.78, 5) is 2.54. The van der Waals surface area contributed by atoms with E-state index in [1.807, 2.05) is 0 Å². The summed E-state index contributed by atoms with van der Waals surface area (Å²) in [5.41, 5.74) is 0. The van der Waals surface area contributed by atoms with Gasteiger partial charge in [0.05, 0.1) is 6.61 Å². The number of hydrogen-bond acceptors (Lipinski definition) is 3. The largest absolute Gasteiger partial charge is 0.380 e. The van der Waals surface area contributed by atoms with E-state index in [0.717, 1.165) is 26.3 Å². The van der Waals surface area contributed by atoms with Crippen LogP contribution in [0, 0.1) is 0 Å². The highest BCUT2D eigenvalue weighted by Gasteiger charge is 2.08. The third-order valence-electron chi connectivity index (χ3n) is 3.57. The summed E-state index contributed by atoms with van der Waals surface area (Å²) >= 11 is 0. The Morgan fingerprint density at radius 1 is 0.944 bits per heavy atom. The molecule has 0 aromatic rings. The maximum atomic E-state index is 5.70. The molecule has 1 heterocycles. The molecule has 0 aromatic heterocycles. The molecule has 1 rings (SSSR count). The second kappa shape index (κ2) is 11.9. The Kier molecular flexibility index (Phi) is 10.6. The zero-order chi connectivity index (χ0) is 12.9. The van der Waals surface area contributed by atoms with Gasteiger partial charge < -0.3 is 15.0 Å². The van der Waals surface area contributed by atoms with Gasteiger partial charge in [0.25, 0.3) is 0 Å². The number of piperidine rings is 1. The fourth-order valence-electron chi connectivity index (χ4n) is 2.41. The van der Waals surface area contributed by atoms with Crippen LogP contribution >= 0.6 is 0 Å². The van der Waals surface area contributed by atoms with Gasteiger partial charge >= 0.3 is 0 Å². The molecule has 1 aliphatic heterocycles. The molecule has 0 aliphatic carbocycles. The van der Waals surface area contributed by atoms with Crippen LogP contribution in [0.25, 0.3) is 0 Å². The highest BCUT2D eigenvalue weighted by molar-refractivity contribution is 4.63. The van der Waals surface area contributed by atoms with Crippen molar-refractivity contribution >= 4 is 0 Å². The predicted octanol–water partition coefficient (Wildman–Crippen LogP) is 2.66. The van der Waals surface area contributed by atoms with Crippen molar-refractivity contribution in [3.63, 3.8) is 0 Å². The first-order chi connectivity index (χ1) is 8.93. The minimum Gasteiger partial charge on any atom is -0.380 e. The topological polar surface area (TPSA) is 24.5 Å². The van der Waals surface area contributed by atoms with E-state index >= 15 is 0 Å². The summed E-state index contributed by atoms with van der Waals surface area (Å²) in [6.45, 7) is 10.1. The minimum absolute atomic E-state index is 0.925. The molecule has 108 valence electrons. The Bertz CT molecular complexity index is 170. The molecule has 0 saturated carbocycles. The molecule has 3 heteroatoms. The number of ether oxygens (including phenoxy) is 1. The maximum absolute atomic E-state index is 5.70. The molecule has 1 fully saturated rings. The normalized spacial score (nSPS) is 17.2. The molecule has 0 unspecified atom stereocenters. The molecule has 0 atom stereocenters. The van der Waals surface area contributed by atoms with Crippen molar-refractivity contribution in [1.29, 1.82) is 0 Å². The Morgan fingerprint density at radius 2 is 1.78 bits per heavy atom. The van der Waals surface area contributed by atoms with E-state index in [0.29, 0.717) is 0 Å². The second-order valence-corrected chi connectivity index (χ2v) is 5.33. The number of nitrogens with one attached hydrogen (secondary N) is 1. The fourth-order valence-corrected chi connectivity index (χ4v) is 2.41.